The van der Waals surface area contributed by atoms with Crippen molar-refractivity contribution in [2.75, 3.05) is 45.8 Å². The van der Waals surface area contributed by atoms with Crippen LogP contribution in [0.2, 0.25) is 0 Å². The Hall–Kier alpha value is -1.90. The maximum Gasteiger partial charge on any atom is 0.225 e. The topological polar surface area (TPSA) is 39.7 Å². The summed E-state index contributed by atoms with van der Waals surface area (Å²) in [4.78, 5) is 23.8. The van der Waals surface area contributed by atoms with Crippen molar-refractivity contribution >= 4 is 5.91 Å². The molecular weight excluding hydrogens is 312 g/mol. The smallest absolute Gasteiger partial charge is 0.225 e. The van der Waals surface area contributed by atoms with Gasteiger partial charge >= 0.3 is 0 Å². The second-order valence-electron chi connectivity index (χ2n) is 7.08. The number of carbonyl (C=O) groups is 1. The van der Waals surface area contributed by atoms with Crippen LogP contribution in [0, 0.1) is 18.3 Å². The quantitative estimate of drug-likeness (QED) is 0.781. The maximum absolute atomic E-state index is 12.8. The number of rotatable bonds is 4. The average Bonchev–Trinajstić information content (AvgIpc) is 2.68. The van der Waals surface area contributed by atoms with E-state index in [0.717, 1.165) is 52.1 Å². The van der Waals surface area contributed by atoms with Gasteiger partial charge in [-0.15, -0.1) is 6.42 Å². The summed E-state index contributed by atoms with van der Waals surface area (Å²) in [7, 11) is 0. The molecule has 0 radical (unpaired) electrons. The lowest BCUT2D eigenvalue weighted by Gasteiger charge is -2.40. The Morgan fingerprint density at radius 3 is 2.60 bits per heavy atom. The van der Waals surface area contributed by atoms with Gasteiger partial charge in [-0.25, -0.2) is 0 Å². The molecule has 134 valence electrons. The van der Waals surface area contributed by atoms with Gasteiger partial charge in [-0.1, -0.05) is 12.0 Å². The van der Waals surface area contributed by atoms with Crippen molar-refractivity contribution in [3.8, 4) is 12.3 Å². The van der Waals surface area contributed by atoms with Crippen LogP contribution in [0.25, 0.3) is 0 Å². The van der Waals surface area contributed by atoms with Crippen LogP contribution in [-0.2, 0) is 4.79 Å². The van der Waals surface area contributed by atoms with Gasteiger partial charge in [0.15, 0.2) is 0 Å². The molecule has 2 saturated heterocycles. The lowest BCUT2D eigenvalue weighted by atomic mass is 9.95. The largest absolute Gasteiger partial charge is 0.340 e. The Kier molecular flexibility index (Phi) is 6.06. The van der Waals surface area contributed by atoms with Crippen molar-refractivity contribution in [1.29, 1.82) is 0 Å². The molecule has 1 aromatic rings. The molecule has 3 heterocycles. The van der Waals surface area contributed by atoms with Crippen molar-refractivity contribution in [3.63, 3.8) is 0 Å². The van der Waals surface area contributed by atoms with Crippen LogP contribution in [0.4, 0.5) is 0 Å². The van der Waals surface area contributed by atoms with Crippen LogP contribution in [0.3, 0.4) is 0 Å². The SMILES string of the molecule is C#CCN1CCC(C(=O)N2CCN([C@@H](C)c3cccnc3)CC2)CC1. The molecule has 2 aliphatic rings. The fourth-order valence-corrected chi connectivity index (χ4v) is 3.89. The standard InChI is InChI=1S/C20H28N4O/c1-3-9-22-10-6-18(7-11-22)20(25)24-14-12-23(13-15-24)17(2)19-5-4-8-21-16-19/h1,4-5,8,16-18H,6-7,9-15H2,2H3/t17-/m0/s1. The van der Waals surface area contributed by atoms with E-state index in [2.05, 4.69) is 38.6 Å². The van der Waals surface area contributed by atoms with Gasteiger partial charge in [0.2, 0.25) is 5.91 Å². The zero-order chi connectivity index (χ0) is 17.6. The molecule has 1 aromatic heterocycles. The van der Waals surface area contributed by atoms with Gasteiger partial charge in [-0.3, -0.25) is 19.6 Å². The minimum absolute atomic E-state index is 0.177. The number of piperazine rings is 1. The molecule has 3 rings (SSSR count). The van der Waals surface area contributed by atoms with Crippen LogP contribution in [0.5, 0.6) is 0 Å². The van der Waals surface area contributed by atoms with E-state index in [1.807, 2.05) is 18.5 Å². The zero-order valence-electron chi connectivity index (χ0n) is 15.1. The molecule has 0 N–H and O–H groups in total. The Morgan fingerprint density at radius 1 is 1.28 bits per heavy atom. The van der Waals surface area contributed by atoms with Crippen LogP contribution in [0.15, 0.2) is 24.5 Å². The van der Waals surface area contributed by atoms with Crippen molar-refractivity contribution in [1.82, 2.24) is 19.7 Å². The van der Waals surface area contributed by atoms with Crippen LogP contribution in [0.1, 0.15) is 31.4 Å². The van der Waals surface area contributed by atoms with Gasteiger partial charge in [0.05, 0.1) is 6.54 Å². The highest BCUT2D eigenvalue weighted by Crippen LogP contribution is 2.23. The number of pyridine rings is 1. The molecular formula is C20H28N4O. The number of likely N-dealkylation sites (tertiary alicyclic amines) is 1. The van der Waals surface area contributed by atoms with Crippen molar-refractivity contribution in [3.05, 3.63) is 30.1 Å². The molecule has 0 spiro atoms. The fourth-order valence-electron chi connectivity index (χ4n) is 3.89. The van der Waals surface area contributed by atoms with Gasteiger partial charge in [0, 0.05) is 50.5 Å². The first-order valence-corrected chi connectivity index (χ1v) is 9.27. The Bertz CT molecular complexity index is 596. The highest BCUT2D eigenvalue weighted by molar-refractivity contribution is 5.79. The van der Waals surface area contributed by atoms with E-state index >= 15 is 0 Å². The van der Waals surface area contributed by atoms with Crippen molar-refractivity contribution in [2.45, 2.75) is 25.8 Å². The van der Waals surface area contributed by atoms with Crippen LogP contribution < -0.4 is 0 Å². The summed E-state index contributed by atoms with van der Waals surface area (Å²) in [6.45, 7) is 8.32. The molecule has 25 heavy (non-hydrogen) atoms. The summed E-state index contributed by atoms with van der Waals surface area (Å²) in [5, 5.41) is 0. The first kappa shape index (κ1) is 17.9. The van der Waals surface area contributed by atoms with Crippen LogP contribution in [-0.4, -0.2) is 71.4 Å². The number of nitrogens with zero attached hydrogens (tertiary/aromatic N) is 4. The highest BCUT2D eigenvalue weighted by Gasteiger charge is 2.31. The molecule has 0 unspecified atom stereocenters. The third-order valence-corrected chi connectivity index (χ3v) is 5.59. The van der Waals surface area contributed by atoms with E-state index < -0.39 is 0 Å². The third kappa shape index (κ3) is 4.39. The van der Waals surface area contributed by atoms with Gasteiger partial charge in [0.25, 0.3) is 0 Å². The lowest BCUT2D eigenvalue weighted by molar-refractivity contribution is -0.139. The zero-order valence-corrected chi connectivity index (χ0v) is 15.1. The molecule has 0 bridgehead atoms. The van der Waals surface area contributed by atoms with E-state index in [9.17, 15) is 4.79 Å². The van der Waals surface area contributed by atoms with Gasteiger partial charge in [-0.05, 0) is 44.5 Å². The summed E-state index contributed by atoms with van der Waals surface area (Å²) in [6.07, 6.45) is 11.0. The van der Waals surface area contributed by atoms with E-state index in [-0.39, 0.29) is 5.92 Å². The minimum Gasteiger partial charge on any atom is -0.340 e. The number of amides is 1. The third-order valence-electron chi connectivity index (χ3n) is 5.59. The minimum atomic E-state index is 0.177. The number of carbonyl (C=O) groups excluding carboxylic acids is 1. The highest BCUT2D eigenvalue weighted by atomic mass is 16.2. The molecule has 0 aromatic carbocycles. The maximum atomic E-state index is 12.8. The first-order valence-electron chi connectivity index (χ1n) is 9.27. The predicted molar refractivity (Wildman–Crippen MR) is 98.8 cm³/mol. The number of piperidine rings is 1. The summed E-state index contributed by atoms with van der Waals surface area (Å²) in [5.74, 6) is 3.21. The Balaban J connectivity index is 1.47. The molecule has 2 aliphatic heterocycles. The fraction of sp³-hybridized carbons (Fsp3) is 0.600. The Labute approximate surface area is 151 Å². The molecule has 0 saturated carbocycles. The molecule has 1 amide bonds. The predicted octanol–water partition coefficient (Wildman–Crippen LogP) is 1.63. The van der Waals surface area contributed by atoms with Gasteiger partial charge < -0.3 is 4.90 Å². The molecule has 0 aliphatic carbocycles. The monoisotopic (exact) mass is 340 g/mol. The first-order chi connectivity index (χ1) is 12.2. The average molecular weight is 340 g/mol. The summed E-state index contributed by atoms with van der Waals surface area (Å²) in [5.41, 5.74) is 1.24. The van der Waals surface area contributed by atoms with Gasteiger partial charge in [0.1, 0.15) is 0 Å². The summed E-state index contributed by atoms with van der Waals surface area (Å²) >= 11 is 0. The van der Waals surface area contributed by atoms with Crippen molar-refractivity contribution in [2.24, 2.45) is 5.92 Å². The van der Waals surface area contributed by atoms with E-state index in [0.29, 0.717) is 18.5 Å². The summed E-state index contributed by atoms with van der Waals surface area (Å²) in [6, 6.07) is 4.45. The van der Waals surface area contributed by atoms with Crippen LogP contribution >= 0.6 is 0 Å². The number of hydrogen-bond donors (Lipinski definition) is 0. The van der Waals surface area contributed by atoms with E-state index in [1.54, 1.807) is 0 Å². The molecule has 5 nitrogen and oxygen atoms in total. The second-order valence-corrected chi connectivity index (χ2v) is 7.08. The Morgan fingerprint density at radius 2 is 2.00 bits per heavy atom. The molecule has 2 fully saturated rings. The molecule has 1 atom stereocenters. The number of terminal acetylenes is 1. The number of aromatic nitrogens is 1. The second kappa shape index (κ2) is 8.46. The molecule has 5 heteroatoms. The van der Waals surface area contributed by atoms with Crippen molar-refractivity contribution < 1.29 is 4.79 Å². The normalized spacial score (nSPS) is 21.7. The number of hydrogen-bond acceptors (Lipinski definition) is 4. The van der Waals surface area contributed by atoms with E-state index in [1.165, 1.54) is 5.56 Å². The summed E-state index contributed by atoms with van der Waals surface area (Å²) < 4.78 is 0. The lowest BCUT2D eigenvalue weighted by Crippen LogP contribution is -2.52. The van der Waals surface area contributed by atoms with Gasteiger partial charge in [-0.2, -0.15) is 0 Å². The van der Waals surface area contributed by atoms with E-state index in [4.69, 9.17) is 6.42 Å².